The average Bonchev–Trinajstić information content (AvgIpc) is 2.95. The highest BCUT2D eigenvalue weighted by Gasteiger charge is 2.21. The number of aromatic amines is 1. The summed E-state index contributed by atoms with van der Waals surface area (Å²) in [6, 6.07) is 5.51. The van der Waals surface area contributed by atoms with E-state index in [2.05, 4.69) is 9.97 Å². The van der Waals surface area contributed by atoms with Crippen LogP contribution in [0.3, 0.4) is 0 Å². The molecule has 0 saturated carbocycles. The summed E-state index contributed by atoms with van der Waals surface area (Å²) < 4.78 is 0. The SMILES string of the molecule is Cc1cccc(Cl)c1C(=O)N(CCN(C)C)Cc1cnc[nH]1. The van der Waals surface area contributed by atoms with Crippen LogP contribution < -0.4 is 0 Å². The highest BCUT2D eigenvalue weighted by molar-refractivity contribution is 6.34. The number of nitrogens with one attached hydrogen (secondary N) is 1. The summed E-state index contributed by atoms with van der Waals surface area (Å²) in [5, 5.41) is 0.490. The number of likely N-dealkylation sites (N-methyl/N-ethyl adjacent to an activating group) is 1. The second-order valence-electron chi connectivity index (χ2n) is 5.54. The third kappa shape index (κ3) is 4.08. The van der Waals surface area contributed by atoms with Gasteiger partial charge in [0.05, 0.1) is 29.2 Å². The van der Waals surface area contributed by atoms with Crippen molar-refractivity contribution in [1.82, 2.24) is 19.8 Å². The van der Waals surface area contributed by atoms with E-state index in [9.17, 15) is 4.79 Å². The van der Waals surface area contributed by atoms with Crippen molar-refractivity contribution in [3.63, 3.8) is 0 Å². The fraction of sp³-hybridized carbons (Fsp3) is 0.375. The first kappa shape index (κ1) is 16.5. The zero-order valence-electron chi connectivity index (χ0n) is 13.1. The molecule has 5 nitrogen and oxygen atoms in total. The maximum atomic E-state index is 12.9. The number of halogens is 1. The monoisotopic (exact) mass is 320 g/mol. The molecule has 0 spiro atoms. The van der Waals surface area contributed by atoms with Crippen molar-refractivity contribution in [2.75, 3.05) is 27.2 Å². The molecule has 1 heterocycles. The van der Waals surface area contributed by atoms with Gasteiger partial charge in [0.1, 0.15) is 0 Å². The molecule has 0 radical (unpaired) electrons. The topological polar surface area (TPSA) is 52.2 Å². The number of amides is 1. The average molecular weight is 321 g/mol. The summed E-state index contributed by atoms with van der Waals surface area (Å²) in [7, 11) is 3.97. The Morgan fingerprint density at radius 1 is 1.32 bits per heavy atom. The van der Waals surface area contributed by atoms with Crippen LogP contribution in [0, 0.1) is 6.92 Å². The lowest BCUT2D eigenvalue weighted by Crippen LogP contribution is -2.36. The van der Waals surface area contributed by atoms with Crippen LogP contribution >= 0.6 is 11.6 Å². The van der Waals surface area contributed by atoms with Crippen molar-refractivity contribution in [2.24, 2.45) is 0 Å². The first-order valence-electron chi connectivity index (χ1n) is 7.15. The van der Waals surface area contributed by atoms with Gasteiger partial charge in [-0.25, -0.2) is 4.98 Å². The number of imidazole rings is 1. The fourth-order valence-electron chi connectivity index (χ4n) is 2.21. The molecule has 0 unspecified atom stereocenters. The van der Waals surface area contributed by atoms with E-state index in [1.807, 2.05) is 38.1 Å². The van der Waals surface area contributed by atoms with Crippen molar-refractivity contribution in [2.45, 2.75) is 13.5 Å². The fourth-order valence-corrected chi connectivity index (χ4v) is 2.51. The van der Waals surface area contributed by atoms with E-state index in [0.29, 0.717) is 23.7 Å². The number of aryl methyl sites for hydroxylation is 1. The van der Waals surface area contributed by atoms with Gasteiger partial charge in [0.2, 0.25) is 0 Å². The van der Waals surface area contributed by atoms with Gasteiger partial charge in [0, 0.05) is 19.3 Å². The van der Waals surface area contributed by atoms with Crippen LogP contribution in [0.25, 0.3) is 0 Å². The van der Waals surface area contributed by atoms with Gasteiger partial charge < -0.3 is 14.8 Å². The molecule has 118 valence electrons. The van der Waals surface area contributed by atoms with Gasteiger partial charge in [-0.15, -0.1) is 0 Å². The molecular formula is C16H21ClN4O. The Labute approximate surface area is 135 Å². The van der Waals surface area contributed by atoms with E-state index in [1.54, 1.807) is 23.5 Å². The van der Waals surface area contributed by atoms with Crippen LogP contribution in [-0.4, -0.2) is 52.9 Å². The summed E-state index contributed by atoms with van der Waals surface area (Å²) in [4.78, 5) is 23.8. The minimum absolute atomic E-state index is 0.0560. The van der Waals surface area contributed by atoms with Gasteiger partial charge >= 0.3 is 0 Å². The third-order valence-electron chi connectivity index (χ3n) is 3.46. The van der Waals surface area contributed by atoms with E-state index < -0.39 is 0 Å². The Balaban J connectivity index is 2.24. The zero-order chi connectivity index (χ0) is 16.1. The smallest absolute Gasteiger partial charge is 0.256 e. The maximum absolute atomic E-state index is 12.9. The van der Waals surface area contributed by atoms with Crippen molar-refractivity contribution in [1.29, 1.82) is 0 Å². The molecule has 0 bridgehead atoms. The Morgan fingerprint density at radius 3 is 2.68 bits per heavy atom. The van der Waals surface area contributed by atoms with Crippen molar-refractivity contribution in [3.8, 4) is 0 Å². The minimum Gasteiger partial charge on any atom is -0.347 e. The van der Waals surface area contributed by atoms with Crippen LogP contribution in [0.5, 0.6) is 0 Å². The Bertz CT molecular complexity index is 605. The first-order valence-corrected chi connectivity index (χ1v) is 7.53. The van der Waals surface area contributed by atoms with Crippen LogP contribution in [0.4, 0.5) is 0 Å². The number of nitrogens with zero attached hydrogens (tertiary/aromatic N) is 3. The number of H-pyrrole nitrogens is 1. The predicted octanol–water partition coefficient (Wildman–Crippen LogP) is 2.58. The molecular weight excluding hydrogens is 300 g/mol. The lowest BCUT2D eigenvalue weighted by molar-refractivity contribution is 0.0729. The zero-order valence-corrected chi connectivity index (χ0v) is 13.9. The Kier molecular flexibility index (Phi) is 5.57. The number of carbonyl (C=O) groups is 1. The van der Waals surface area contributed by atoms with E-state index in [-0.39, 0.29) is 5.91 Å². The number of hydrogen-bond acceptors (Lipinski definition) is 3. The highest BCUT2D eigenvalue weighted by atomic mass is 35.5. The van der Waals surface area contributed by atoms with Crippen LogP contribution in [0.1, 0.15) is 21.6 Å². The van der Waals surface area contributed by atoms with Gasteiger partial charge in [-0.3, -0.25) is 4.79 Å². The van der Waals surface area contributed by atoms with Crippen molar-refractivity contribution < 1.29 is 4.79 Å². The molecule has 0 fully saturated rings. The molecule has 2 rings (SSSR count). The van der Waals surface area contributed by atoms with Crippen LogP contribution in [0.2, 0.25) is 5.02 Å². The number of rotatable bonds is 6. The van der Waals surface area contributed by atoms with E-state index in [0.717, 1.165) is 17.8 Å². The summed E-state index contributed by atoms with van der Waals surface area (Å²) in [6.07, 6.45) is 3.35. The lowest BCUT2D eigenvalue weighted by atomic mass is 10.1. The second kappa shape index (κ2) is 7.42. The lowest BCUT2D eigenvalue weighted by Gasteiger charge is -2.25. The largest absolute Gasteiger partial charge is 0.347 e. The minimum atomic E-state index is -0.0560. The summed E-state index contributed by atoms with van der Waals surface area (Å²) in [6.45, 7) is 3.79. The van der Waals surface area contributed by atoms with Gasteiger partial charge in [-0.05, 0) is 32.6 Å². The molecule has 0 aliphatic carbocycles. The molecule has 0 aliphatic rings. The molecule has 2 aromatic rings. The predicted molar refractivity (Wildman–Crippen MR) is 88.1 cm³/mol. The maximum Gasteiger partial charge on any atom is 0.256 e. The van der Waals surface area contributed by atoms with E-state index >= 15 is 0 Å². The van der Waals surface area contributed by atoms with Gasteiger partial charge in [-0.1, -0.05) is 23.7 Å². The molecule has 1 aromatic carbocycles. The van der Waals surface area contributed by atoms with Crippen LogP contribution in [-0.2, 0) is 6.54 Å². The Hall–Kier alpha value is -1.85. The van der Waals surface area contributed by atoms with Gasteiger partial charge in [0.25, 0.3) is 5.91 Å². The highest BCUT2D eigenvalue weighted by Crippen LogP contribution is 2.22. The normalized spacial score (nSPS) is 11.0. The number of benzene rings is 1. The molecule has 1 amide bonds. The standard InChI is InChI=1S/C16H21ClN4O/c1-12-5-4-6-14(17)15(12)16(22)21(8-7-20(2)3)10-13-9-18-11-19-13/h4-6,9,11H,7-8,10H2,1-3H3,(H,18,19). The number of aromatic nitrogens is 2. The van der Waals surface area contributed by atoms with Crippen LogP contribution in [0.15, 0.2) is 30.7 Å². The Morgan fingerprint density at radius 2 is 2.09 bits per heavy atom. The number of hydrogen-bond donors (Lipinski definition) is 1. The molecule has 0 saturated heterocycles. The quantitative estimate of drug-likeness (QED) is 0.890. The summed E-state index contributed by atoms with van der Waals surface area (Å²) >= 11 is 6.23. The molecule has 1 N–H and O–H groups in total. The first-order chi connectivity index (χ1) is 10.5. The van der Waals surface area contributed by atoms with Crippen molar-refractivity contribution >= 4 is 17.5 Å². The van der Waals surface area contributed by atoms with Gasteiger partial charge in [-0.2, -0.15) is 0 Å². The van der Waals surface area contributed by atoms with Crippen molar-refractivity contribution in [3.05, 3.63) is 52.6 Å². The molecule has 0 aliphatic heterocycles. The third-order valence-corrected chi connectivity index (χ3v) is 3.77. The van der Waals surface area contributed by atoms with Gasteiger partial charge in [0.15, 0.2) is 0 Å². The molecule has 6 heteroatoms. The summed E-state index contributed by atoms with van der Waals surface area (Å²) in [5.74, 6) is -0.0560. The second-order valence-corrected chi connectivity index (χ2v) is 5.95. The van der Waals surface area contributed by atoms with E-state index in [4.69, 9.17) is 11.6 Å². The summed E-state index contributed by atoms with van der Waals surface area (Å²) in [5.41, 5.74) is 2.36. The van der Waals surface area contributed by atoms with E-state index in [1.165, 1.54) is 0 Å². The number of carbonyl (C=O) groups excluding carboxylic acids is 1. The molecule has 22 heavy (non-hydrogen) atoms. The molecule has 0 atom stereocenters. The molecule has 1 aromatic heterocycles.